The number of carbonyl (C=O) groups is 1. The smallest absolute Gasteiger partial charge is 0.318 e. The second kappa shape index (κ2) is 5.78. The second-order valence-electron chi connectivity index (χ2n) is 5.75. The van der Waals surface area contributed by atoms with Crippen molar-refractivity contribution in [2.24, 2.45) is 0 Å². The predicted octanol–water partition coefficient (Wildman–Crippen LogP) is 4.38. The average Bonchev–Trinajstić information content (AvgIpc) is 2.96. The molecular weight excluding hydrogens is 317 g/mol. The van der Waals surface area contributed by atoms with Crippen LogP contribution in [0.1, 0.15) is 29.5 Å². The maximum Gasteiger partial charge on any atom is 0.318 e. The maximum atomic E-state index is 13.9. The summed E-state index contributed by atoms with van der Waals surface area (Å²) in [6.07, 6.45) is 5.86. The molecule has 23 heavy (non-hydrogen) atoms. The number of hydrogen-bond acceptors (Lipinski definition) is 2. The lowest BCUT2D eigenvalue weighted by atomic mass is 9.78. The molecule has 1 aliphatic rings. The van der Waals surface area contributed by atoms with E-state index in [0.717, 1.165) is 11.1 Å². The van der Waals surface area contributed by atoms with E-state index in [9.17, 15) is 14.3 Å². The van der Waals surface area contributed by atoms with Gasteiger partial charge in [-0.15, -0.1) is 0 Å². The number of carboxylic acid groups (broad SMARTS) is 1. The minimum absolute atomic E-state index is 0.372. The van der Waals surface area contributed by atoms with Gasteiger partial charge in [0.15, 0.2) is 0 Å². The van der Waals surface area contributed by atoms with E-state index in [0.29, 0.717) is 29.0 Å². The number of carboxylic acids is 1. The first-order valence-corrected chi connectivity index (χ1v) is 7.63. The molecule has 5 heteroatoms. The number of benzene rings is 1. The Balaban J connectivity index is 2.14. The summed E-state index contributed by atoms with van der Waals surface area (Å²) in [5.41, 5.74) is 1.32. The van der Waals surface area contributed by atoms with Gasteiger partial charge in [-0.2, -0.15) is 0 Å². The summed E-state index contributed by atoms with van der Waals surface area (Å²) in [5.74, 6) is -1.37. The zero-order valence-electron chi connectivity index (χ0n) is 12.5. The van der Waals surface area contributed by atoms with Gasteiger partial charge in [0.1, 0.15) is 11.2 Å². The molecule has 1 aromatic heterocycles. The first-order chi connectivity index (χ1) is 10.9. The fourth-order valence-corrected chi connectivity index (χ4v) is 3.35. The Labute approximate surface area is 138 Å². The van der Waals surface area contributed by atoms with Crippen LogP contribution in [0.2, 0.25) is 5.02 Å². The Hall–Kier alpha value is -2.20. The largest absolute Gasteiger partial charge is 0.480 e. The summed E-state index contributed by atoms with van der Waals surface area (Å²) < 4.78 is 13.9. The molecular formula is C18H15ClFNO2. The van der Waals surface area contributed by atoms with Crippen LogP contribution in [0.25, 0.3) is 5.57 Å². The van der Waals surface area contributed by atoms with Crippen LogP contribution in [0, 0.1) is 12.7 Å². The lowest BCUT2D eigenvalue weighted by Crippen LogP contribution is -2.32. The van der Waals surface area contributed by atoms with Crippen molar-refractivity contribution in [1.82, 2.24) is 4.98 Å². The van der Waals surface area contributed by atoms with Crippen molar-refractivity contribution in [3.8, 4) is 0 Å². The molecule has 2 aromatic rings. The standard InChI is InChI=1S/C18H15ClFNO2/c1-11-15(3-2-4-16(11)20)18(17(22)23)6-5-12(8-18)13-7-14(19)10-21-9-13/h2-4,7-10H,5-6H2,1H3,(H,22,23)/t18-/m0/s1. The molecule has 0 spiro atoms. The number of aromatic nitrogens is 1. The average molecular weight is 332 g/mol. The highest BCUT2D eigenvalue weighted by Gasteiger charge is 2.43. The van der Waals surface area contributed by atoms with Gasteiger partial charge in [0, 0.05) is 12.4 Å². The van der Waals surface area contributed by atoms with Gasteiger partial charge in [-0.05, 0) is 54.2 Å². The molecule has 1 heterocycles. The molecule has 1 atom stereocenters. The third kappa shape index (κ3) is 2.63. The van der Waals surface area contributed by atoms with Crippen LogP contribution in [-0.4, -0.2) is 16.1 Å². The van der Waals surface area contributed by atoms with Gasteiger partial charge in [0.25, 0.3) is 0 Å². The lowest BCUT2D eigenvalue weighted by molar-refractivity contribution is -0.141. The number of halogens is 2. The number of hydrogen-bond donors (Lipinski definition) is 1. The zero-order chi connectivity index (χ0) is 16.6. The summed E-state index contributed by atoms with van der Waals surface area (Å²) >= 11 is 5.96. The van der Waals surface area contributed by atoms with Crippen LogP contribution in [0.5, 0.6) is 0 Å². The van der Waals surface area contributed by atoms with E-state index in [2.05, 4.69) is 4.98 Å². The normalized spacial score (nSPS) is 20.4. The van der Waals surface area contributed by atoms with Gasteiger partial charge in [0.05, 0.1) is 5.02 Å². The molecule has 0 radical (unpaired) electrons. The van der Waals surface area contributed by atoms with E-state index < -0.39 is 17.2 Å². The Morgan fingerprint density at radius 2 is 2.17 bits per heavy atom. The van der Waals surface area contributed by atoms with Crippen LogP contribution in [0.15, 0.2) is 42.7 Å². The minimum atomic E-state index is -1.22. The third-order valence-corrected chi connectivity index (χ3v) is 4.62. The molecule has 0 fully saturated rings. The van der Waals surface area contributed by atoms with Crippen molar-refractivity contribution in [1.29, 1.82) is 0 Å². The molecule has 3 nitrogen and oxygen atoms in total. The van der Waals surface area contributed by atoms with E-state index in [4.69, 9.17) is 11.6 Å². The van der Waals surface area contributed by atoms with E-state index in [-0.39, 0.29) is 0 Å². The summed E-state index contributed by atoms with van der Waals surface area (Å²) in [6.45, 7) is 1.61. The van der Waals surface area contributed by atoms with E-state index in [1.54, 1.807) is 37.4 Å². The fourth-order valence-electron chi connectivity index (χ4n) is 3.18. The topological polar surface area (TPSA) is 50.2 Å². The molecule has 0 saturated heterocycles. The summed E-state index contributed by atoms with van der Waals surface area (Å²) in [4.78, 5) is 16.1. The Morgan fingerprint density at radius 1 is 1.39 bits per heavy atom. The lowest BCUT2D eigenvalue weighted by Gasteiger charge is -2.24. The molecule has 0 saturated carbocycles. The second-order valence-corrected chi connectivity index (χ2v) is 6.19. The van der Waals surface area contributed by atoms with Gasteiger partial charge < -0.3 is 5.11 Å². The zero-order valence-corrected chi connectivity index (χ0v) is 13.3. The maximum absolute atomic E-state index is 13.9. The number of allylic oxidation sites excluding steroid dienone is 1. The van der Waals surface area contributed by atoms with Crippen molar-refractivity contribution >= 4 is 23.1 Å². The molecule has 1 N–H and O–H groups in total. The molecule has 0 amide bonds. The number of pyridine rings is 1. The van der Waals surface area contributed by atoms with Crippen LogP contribution in [-0.2, 0) is 10.2 Å². The van der Waals surface area contributed by atoms with Crippen molar-refractivity contribution in [3.05, 3.63) is 70.3 Å². The van der Waals surface area contributed by atoms with E-state index in [1.165, 1.54) is 12.3 Å². The minimum Gasteiger partial charge on any atom is -0.480 e. The quantitative estimate of drug-likeness (QED) is 0.907. The SMILES string of the molecule is Cc1c(F)cccc1[C@@]1(C(=O)O)C=C(c2cncc(Cl)c2)CC1. The molecule has 3 rings (SSSR count). The Kier molecular flexibility index (Phi) is 3.94. The van der Waals surface area contributed by atoms with Crippen molar-refractivity contribution < 1.29 is 14.3 Å². The van der Waals surface area contributed by atoms with Crippen LogP contribution >= 0.6 is 11.6 Å². The molecule has 0 aliphatic heterocycles. The summed E-state index contributed by atoms with van der Waals surface area (Å²) in [6, 6.07) is 6.34. The molecule has 1 aromatic carbocycles. The van der Waals surface area contributed by atoms with Crippen LogP contribution < -0.4 is 0 Å². The summed E-state index contributed by atoms with van der Waals surface area (Å²) in [5, 5.41) is 10.3. The Bertz CT molecular complexity index is 818. The molecule has 1 aliphatic carbocycles. The van der Waals surface area contributed by atoms with Crippen LogP contribution in [0.3, 0.4) is 0 Å². The highest BCUT2D eigenvalue weighted by Crippen LogP contribution is 2.44. The first-order valence-electron chi connectivity index (χ1n) is 7.26. The van der Waals surface area contributed by atoms with Gasteiger partial charge in [-0.1, -0.05) is 29.8 Å². The van der Waals surface area contributed by atoms with Gasteiger partial charge >= 0.3 is 5.97 Å². The first kappa shape index (κ1) is 15.7. The van der Waals surface area contributed by atoms with E-state index in [1.807, 2.05) is 0 Å². The number of aliphatic carboxylic acids is 1. The van der Waals surface area contributed by atoms with Crippen molar-refractivity contribution in [3.63, 3.8) is 0 Å². The van der Waals surface area contributed by atoms with Crippen molar-refractivity contribution in [2.45, 2.75) is 25.2 Å². The van der Waals surface area contributed by atoms with Crippen molar-refractivity contribution in [2.75, 3.05) is 0 Å². The summed E-state index contributed by atoms with van der Waals surface area (Å²) in [7, 11) is 0. The molecule has 0 unspecified atom stereocenters. The highest BCUT2D eigenvalue weighted by atomic mass is 35.5. The van der Waals surface area contributed by atoms with Crippen LogP contribution in [0.4, 0.5) is 4.39 Å². The van der Waals surface area contributed by atoms with Gasteiger partial charge in [-0.3, -0.25) is 9.78 Å². The molecule has 118 valence electrons. The number of nitrogens with zero attached hydrogens (tertiary/aromatic N) is 1. The third-order valence-electron chi connectivity index (χ3n) is 4.41. The van der Waals surface area contributed by atoms with E-state index >= 15 is 0 Å². The molecule has 0 bridgehead atoms. The monoisotopic (exact) mass is 331 g/mol. The van der Waals surface area contributed by atoms with Gasteiger partial charge in [-0.25, -0.2) is 4.39 Å². The fraction of sp³-hybridized carbons (Fsp3) is 0.222. The Morgan fingerprint density at radius 3 is 2.87 bits per heavy atom. The predicted molar refractivity (Wildman–Crippen MR) is 86.9 cm³/mol. The number of rotatable bonds is 3. The highest BCUT2D eigenvalue weighted by molar-refractivity contribution is 6.30. The van der Waals surface area contributed by atoms with Gasteiger partial charge in [0.2, 0.25) is 0 Å².